The van der Waals surface area contributed by atoms with Crippen LogP contribution in [0.25, 0.3) is 5.70 Å². The highest BCUT2D eigenvalue weighted by molar-refractivity contribution is 5.69. The molecule has 2 aliphatic rings. The number of imidazole rings is 1. The van der Waals surface area contributed by atoms with Crippen molar-refractivity contribution >= 4 is 5.70 Å². The van der Waals surface area contributed by atoms with Gasteiger partial charge in [-0.2, -0.15) is 0 Å². The van der Waals surface area contributed by atoms with E-state index in [1.165, 1.54) is 11.3 Å². The maximum Gasteiger partial charge on any atom is 0.156 e. The molecule has 0 spiro atoms. The second-order valence-corrected chi connectivity index (χ2v) is 3.06. The van der Waals surface area contributed by atoms with E-state index >= 15 is 0 Å². The Balaban J connectivity index is 2.18. The summed E-state index contributed by atoms with van der Waals surface area (Å²) in [5.74, 6) is 1.08. The number of rotatable bonds is 0. The van der Waals surface area contributed by atoms with Gasteiger partial charge in [0.25, 0.3) is 0 Å². The van der Waals surface area contributed by atoms with E-state index < -0.39 is 0 Å². The molecule has 2 aliphatic heterocycles. The van der Waals surface area contributed by atoms with Crippen molar-refractivity contribution in [3.05, 3.63) is 35.9 Å². The standard InChI is InChI=1S/C9H9N3/c1-2-7-6-12-5-4-11-9(12)8(7)10-3-1/h1-2,4-5,10H,3,6H2. The van der Waals surface area contributed by atoms with Crippen LogP contribution in [0.2, 0.25) is 0 Å². The Morgan fingerprint density at radius 3 is 3.50 bits per heavy atom. The molecule has 3 nitrogen and oxygen atoms in total. The molecule has 60 valence electrons. The minimum atomic E-state index is 0.922. The molecule has 0 saturated carbocycles. The third-order valence-corrected chi connectivity index (χ3v) is 2.32. The number of fused-ring (bicyclic) bond motifs is 2. The van der Waals surface area contributed by atoms with Crippen LogP contribution >= 0.6 is 0 Å². The van der Waals surface area contributed by atoms with Gasteiger partial charge in [0.15, 0.2) is 5.82 Å². The lowest BCUT2D eigenvalue weighted by molar-refractivity contribution is 0.818. The molecular weight excluding hydrogens is 150 g/mol. The first-order valence-corrected chi connectivity index (χ1v) is 4.10. The van der Waals surface area contributed by atoms with Crippen molar-refractivity contribution in [1.29, 1.82) is 0 Å². The second kappa shape index (κ2) is 2.00. The summed E-state index contributed by atoms with van der Waals surface area (Å²) in [6.45, 7) is 1.89. The number of dihydropyridines is 1. The summed E-state index contributed by atoms with van der Waals surface area (Å²) in [7, 11) is 0. The fourth-order valence-electron chi connectivity index (χ4n) is 1.76. The summed E-state index contributed by atoms with van der Waals surface area (Å²) in [6.07, 6.45) is 8.19. The zero-order valence-corrected chi connectivity index (χ0v) is 6.62. The van der Waals surface area contributed by atoms with Crippen molar-refractivity contribution in [2.75, 3.05) is 6.54 Å². The van der Waals surface area contributed by atoms with Gasteiger partial charge >= 0.3 is 0 Å². The van der Waals surface area contributed by atoms with Crippen LogP contribution in [0.5, 0.6) is 0 Å². The van der Waals surface area contributed by atoms with E-state index in [2.05, 4.69) is 27.0 Å². The van der Waals surface area contributed by atoms with Gasteiger partial charge in [-0.25, -0.2) is 4.98 Å². The van der Waals surface area contributed by atoms with Gasteiger partial charge in [0.2, 0.25) is 0 Å². The Morgan fingerprint density at radius 2 is 2.50 bits per heavy atom. The molecule has 3 heterocycles. The Labute approximate surface area is 70.4 Å². The topological polar surface area (TPSA) is 29.9 Å². The molecule has 0 atom stereocenters. The van der Waals surface area contributed by atoms with Gasteiger partial charge in [-0.1, -0.05) is 12.2 Å². The average molecular weight is 159 g/mol. The maximum atomic E-state index is 4.29. The van der Waals surface area contributed by atoms with E-state index in [0.29, 0.717) is 0 Å². The lowest BCUT2D eigenvalue weighted by Crippen LogP contribution is -2.15. The highest BCUT2D eigenvalue weighted by Crippen LogP contribution is 2.26. The summed E-state index contributed by atoms with van der Waals surface area (Å²) in [5, 5.41) is 3.33. The summed E-state index contributed by atoms with van der Waals surface area (Å²) < 4.78 is 2.16. The molecule has 3 heteroatoms. The molecule has 1 aromatic heterocycles. The lowest BCUT2D eigenvalue weighted by atomic mass is 10.1. The summed E-state index contributed by atoms with van der Waals surface area (Å²) in [5.41, 5.74) is 2.56. The van der Waals surface area contributed by atoms with E-state index in [0.717, 1.165) is 18.9 Å². The van der Waals surface area contributed by atoms with Gasteiger partial charge in [0, 0.05) is 18.9 Å². The van der Waals surface area contributed by atoms with Gasteiger partial charge in [0.1, 0.15) is 0 Å². The first kappa shape index (κ1) is 6.06. The first-order chi connectivity index (χ1) is 5.95. The predicted molar refractivity (Wildman–Crippen MR) is 46.3 cm³/mol. The first-order valence-electron chi connectivity index (χ1n) is 4.10. The Morgan fingerprint density at radius 1 is 1.50 bits per heavy atom. The van der Waals surface area contributed by atoms with Crippen LogP contribution in [0.3, 0.4) is 0 Å². The van der Waals surface area contributed by atoms with Crippen LogP contribution in [0.4, 0.5) is 0 Å². The van der Waals surface area contributed by atoms with E-state index in [1.54, 1.807) is 0 Å². The third-order valence-electron chi connectivity index (χ3n) is 2.32. The summed E-state index contributed by atoms with van der Waals surface area (Å²) >= 11 is 0. The maximum absolute atomic E-state index is 4.29. The van der Waals surface area contributed by atoms with Crippen molar-refractivity contribution in [2.45, 2.75) is 6.54 Å². The van der Waals surface area contributed by atoms with E-state index in [1.807, 2.05) is 12.4 Å². The molecule has 0 amide bonds. The minimum Gasteiger partial charge on any atom is -0.378 e. The van der Waals surface area contributed by atoms with Crippen molar-refractivity contribution in [2.24, 2.45) is 0 Å². The quantitative estimate of drug-likeness (QED) is 0.606. The number of aromatic nitrogens is 2. The number of hydrogen-bond donors (Lipinski definition) is 1. The van der Waals surface area contributed by atoms with Crippen LogP contribution in [0, 0.1) is 0 Å². The number of nitrogens with one attached hydrogen (secondary N) is 1. The molecule has 0 saturated heterocycles. The van der Waals surface area contributed by atoms with E-state index in [-0.39, 0.29) is 0 Å². The van der Waals surface area contributed by atoms with Gasteiger partial charge in [-0.05, 0) is 5.57 Å². The monoisotopic (exact) mass is 159 g/mol. The average Bonchev–Trinajstić information content (AvgIpc) is 2.62. The third kappa shape index (κ3) is 0.630. The van der Waals surface area contributed by atoms with Crippen molar-refractivity contribution < 1.29 is 0 Å². The lowest BCUT2D eigenvalue weighted by Gasteiger charge is -2.09. The predicted octanol–water partition coefficient (Wildman–Crippen LogP) is 0.767. The Kier molecular flexibility index (Phi) is 1.01. The van der Waals surface area contributed by atoms with E-state index in [4.69, 9.17) is 0 Å². The molecule has 0 fully saturated rings. The van der Waals surface area contributed by atoms with Crippen molar-refractivity contribution in [3.8, 4) is 0 Å². The fourth-order valence-corrected chi connectivity index (χ4v) is 1.76. The number of hydrogen-bond acceptors (Lipinski definition) is 2. The van der Waals surface area contributed by atoms with Crippen LogP contribution < -0.4 is 5.32 Å². The number of allylic oxidation sites excluding steroid dienone is 2. The van der Waals surface area contributed by atoms with Crippen molar-refractivity contribution in [1.82, 2.24) is 14.9 Å². The zero-order valence-electron chi connectivity index (χ0n) is 6.62. The van der Waals surface area contributed by atoms with Crippen LogP contribution in [-0.2, 0) is 6.54 Å². The Bertz CT molecular complexity index is 384. The van der Waals surface area contributed by atoms with Gasteiger partial charge in [-0.3, -0.25) is 0 Å². The molecule has 3 rings (SSSR count). The molecular formula is C9H9N3. The molecule has 1 N–H and O–H groups in total. The molecule has 0 aromatic carbocycles. The highest BCUT2D eigenvalue weighted by atomic mass is 15.1. The molecule has 0 radical (unpaired) electrons. The molecule has 1 aromatic rings. The highest BCUT2D eigenvalue weighted by Gasteiger charge is 2.21. The molecule has 0 unspecified atom stereocenters. The van der Waals surface area contributed by atoms with Gasteiger partial charge in [-0.15, -0.1) is 0 Å². The van der Waals surface area contributed by atoms with Crippen molar-refractivity contribution in [3.63, 3.8) is 0 Å². The summed E-state index contributed by atoms with van der Waals surface area (Å²) in [6, 6.07) is 0. The molecule has 0 bridgehead atoms. The molecule has 0 aliphatic carbocycles. The normalized spacial score (nSPS) is 19.0. The SMILES string of the molecule is C1=CC2=C(NC1)c1nccn1C2. The van der Waals surface area contributed by atoms with Crippen LogP contribution in [0.15, 0.2) is 30.1 Å². The smallest absolute Gasteiger partial charge is 0.156 e. The second-order valence-electron chi connectivity index (χ2n) is 3.06. The largest absolute Gasteiger partial charge is 0.378 e. The molecule has 12 heavy (non-hydrogen) atoms. The van der Waals surface area contributed by atoms with E-state index in [9.17, 15) is 0 Å². The van der Waals surface area contributed by atoms with Gasteiger partial charge in [0.05, 0.1) is 12.2 Å². The van der Waals surface area contributed by atoms with Crippen LogP contribution in [0.1, 0.15) is 5.82 Å². The fraction of sp³-hybridized carbons (Fsp3) is 0.222. The van der Waals surface area contributed by atoms with Gasteiger partial charge < -0.3 is 9.88 Å². The zero-order chi connectivity index (χ0) is 7.97. The minimum absolute atomic E-state index is 0.922. The number of nitrogens with zero attached hydrogens (tertiary/aromatic N) is 2. The van der Waals surface area contributed by atoms with Crippen LogP contribution in [-0.4, -0.2) is 16.1 Å². The summed E-state index contributed by atoms with van der Waals surface area (Å²) in [4.78, 5) is 4.29. The Hall–Kier alpha value is -1.51.